The second-order valence-corrected chi connectivity index (χ2v) is 7.90. The van der Waals surface area contributed by atoms with Crippen LogP contribution >= 0.6 is 0 Å². The van der Waals surface area contributed by atoms with Crippen molar-refractivity contribution in [2.75, 3.05) is 37.3 Å². The fourth-order valence-corrected chi connectivity index (χ4v) is 3.67. The summed E-state index contributed by atoms with van der Waals surface area (Å²) in [5.41, 5.74) is 0.156. The molecule has 1 aliphatic heterocycles. The monoisotopic (exact) mass is 366 g/mol. The Balaban J connectivity index is 1.87. The third-order valence-corrected chi connectivity index (χ3v) is 5.41. The van der Waals surface area contributed by atoms with Gasteiger partial charge in [-0.05, 0) is 36.8 Å². The quantitative estimate of drug-likeness (QED) is 0.805. The first kappa shape index (κ1) is 17.6. The molecule has 0 atom stereocenters. The second-order valence-electron chi connectivity index (χ2n) is 5.92. The highest BCUT2D eigenvalue weighted by Crippen LogP contribution is 2.15. The summed E-state index contributed by atoms with van der Waals surface area (Å²) < 4.78 is 39.2. The van der Waals surface area contributed by atoms with Gasteiger partial charge in [0.1, 0.15) is 11.6 Å². The maximum atomic E-state index is 13.1. The van der Waals surface area contributed by atoms with Gasteiger partial charge in [-0.15, -0.1) is 5.10 Å². The third-order valence-electron chi connectivity index (χ3n) is 4.11. The van der Waals surface area contributed by atoms with E-state index in [1.165, 1.54) is 45.6 Å². The minimum absolute atomic E-state index is 0.317. The summed E-state index contributed by atoms with van der Waals surface area (Å²) in [4.78, 5) is 14.0. The van der Waals surface area contributed by atoms with E-state index in [1.54, 1.807) is 6.07 Å². The Hall–Kier alpha value is -2.26. The Morgan fingerprint density at radius 3 is 2.40 bits per heavy atom. The van der Waals surface area contributed by atoms with E-state index in [-0.39, 0.29) is 11.4 Å². The zero-order chi connectivity index (χ0) is 18.0. The van der Waals surface area contributed by atoms with Crippen LogP contribution in [0.15, 0.2) is 41.2 Å². The molecule has 0 aliphatic carbocycles. The molecule has 1 aromatic carbocycles. The zero-order valence-electron chi connectivity index (χ0n) is 13.8. The van der Waals surface area contributed by atoms with Gasteiger partial charge >= 0.3 is 0 Å². The zero-order valence-corrected chi connectivity index (χ0v) is 14.6. The van der Waals surface area contributed by atoms with Gasteiger partial charge in [0.2, 0.25) is 10.0 Å². The SMILES string of the molecule is CS(=O)(=O)N1CCCN(c2ccc(=O)n(-c3ccc(F)cc3)n2)CC1. The molecule has 1 aliphatic rings. The van der Waals surface area contributed by atoms with Gasteiger partial charge in [-0.3, -0.25) is 4.79 Å². The van der Waals surface area contributed by atoms with Gasteiger partial charge in [0.05, 0.1) is 11.9 Å². The summed E-state index contributed by atoms with van der Waals surface area (Å²) in [5.74, 6) is 0.195. The van der Waals surface area contributed by atoms with Crippen LogP contribution in [-0.2, 0) is 10.0 Å². The molecule has 7 nitrogen and oxygen atoms in total. The molecule has 0 bridgehead atoms. The van der Waals surface area contributed by atoms with Crippen LogP contribution in [0.4, 0.5) is 10.2 Å². The Morgan fingerprint density at radius 2 is 1.72 bits per heavy atom. The molecule has 0 amide bonds. The van der Waals surface area contributed by atoms with Gasteiger partial charge in [-0.1, -0.05) is 0 Å². The van der Waals surface area contributed by atoms with E-state index in [4.69, 9.17) is 0 Å². The number of nitrogens with zero attached hydrogens (tertiary/aromatic N) is 4. The largest absolute Gasteiger partial charge is 0.354 e. The minimum Gasteiger partial charge on any atom is -0.354 e. The first-order valence-electron chi connectivity index (χ1n) is 7.91. The summed E-state index contributed by atoms with van der Waals surface area (Å²) >= 11 is 0. The van der Waals surface area contributed by atoms with Gasteiger partial charge in [0.25, 0.3) is 5.56 Å². The van der Waals surface area contributed by atoms with Crippen molar-refractivity contribution < 1.29 is 12.8 Å². The van der Waals surface area contributed by atoms with Crippen LogP contribution < -0.4 is 10.5 Å². The molecule has 134 valence electrons. The van der Waals surface area contributed by atoms with Crippen LogP contribution in [0.3, 0.4) is 0 Å². The van der Waals surface area contributed by atoms with Crippen LogP contribution in [0.1, 0.15) is 6.42 Å². The van der Waals surface area contributed by atoms with E-state index in [1.807, 2.05) is 4.90 Å². The Morgan fingerprint density at radius 1 is 1.00 bits per heavy atom. The van der Waals surface area contributed by atoms with Crippen molar-refractivity contribution >= 4 is 15.8 Å². The van der Waals surface area contributed by atoms with Gasteiger partial charge in [0, 0.05) is 32.2 Å². The molecular formula is C16H19FN4O3S. The lowest BCUT2D eigenvalue weighted by atomic mass is 10.3. The standard InChI is InChI=1S/C16H19FN4O3S/c1-25(23,24)20-10-2-9-19(11-12-20)15-7-8-16(22)21(18-15)14-5-3-13(17)4-6-14/h3-8H,2,9-12H2,1H3. The van der Waals surface area contributed by atoms with E-state index in [0.717, 1.165) is 0 Å². The highest BCUT2D eigenvalue weighted by atomic mass is 32.2. The molecule has 0 saturated carbocycles. The molecule has 0 unspecified atom stereocenters. The number of sulfonamides is 1. The molecule has 0 radical (unpaired) electrons. The molecular weight excluding hydrogens is 347 g/mol. The molecule has 2 aromatic rings. The average Bonchev–Trinajstić information content (AvgIpc) is 2.82. The van der Waals surface area contributed by atoms with Gasteiger partial charge in [0.15, 0.2) is 0 Å². The fraction of sp³-hybridized carbons (Fsp3) is 0.375. The van der Waals surface area contributed by atoms with Gasteiger partial charge in [-0.25, -0.2) is 17.1 Å². The minimum atomic E-state index is -3.22. The molecule has 2 heterocycles. The smallest absolute Gasteiger partial charge is 0.271 e. The van der Waals surface area contributed by atoms with E-state index in [2.05, 4.69) is 5.10 Å². The van der Waals surface area contributed by atoms with Crippen LogP contribution in [0.5, 0.6) is 0 Å². The lowest BCUT2D eigenvalue weighted by Gasteiger charge is -2.22. The Bertz CT molecular complexity index is 912. The van der Waals surface area contributed by atoms with E-state index in [0.29, 0.717) is 44.1 Å². The number of hydrogen-bond acceptors (Lipinski definition) is 5. The number of anilines is 1. The van der Waals surface area contributed by atoms with Crippen molar-refractivity contribution in [3.63, 3.8) is 0 Å². The van der Waals surface area contributed by atoms with Crippen molar-refractivity contribution in [3.05, 3.63) is 52.6 Å². The molecule has 1 saturated heterocycles. The third kappa shape index (κ3) is 4.05. The fourth-order valence-electron chi connectivity index (χ4n) is 2.79. The van der Waals surface area contributed by atoms with Crippen LogP contribution in [0.25, 0.3) is 5.69 Å². The maximum Gasteiger partial charge on any atom is 0.271 e. The van der Waals surface area contributed by atoms with Crippen molar-refractivity contribution in [2.45, 2.75) is 6.42 Å². The van der Waals surface area contributed by atoms with Crippen molar-refractivity contribution in [1.29, 1.82) is 0 Å². The van der Waals surface area contributed by atoms with E-state index in [9.17, 15) is 17.6 Å². The van der Waals surface area contributed by atoms with Crippen LogP contribution in [0.2, 0.25) is 0 Å². The molecule has 1 fully saturated rings. The van der Waals surface area contributed by atoms with E-state index < -0.39 is 10.0 Å². The molecule has 3 rings (SSSR count). The maximum absolute atomic E-state index is 13.1. The molecule has 1 aromatic heterocycles. The summed E-state index contributed by atoms with van der Waals surface area (Å²) in [6.07, 6.45) is 1.88. The Kier molecular flexibility index (Phi) is 4.87. The van der Waals surface area contributed by atoms with Gasteiger partial charge < -0.3 is 4.90 Å². The number of halogens is 1. The number of rotatable bonds is 3. The summed E-state index contributed by atoms with van der Waals surface area (Å²) in [6.45, 7) is 1.96. The van der Waals surface area contributed by atoms with Crippen molar-refractivity contribution in [3.8, 4) is 5.69 Å². The normalized spacial score (nSPS) is 16.6. The van der Waals surface area contributed by atoms with Crippen molar-refractivity contribution in [1.82, 2.24) is 14.1 Å². The number of aromatic nitrogens is 2. The summed E-state index contributed by atoms with van der Waals surface area (Å²) in [7, 11) is -3.22. The molecule has 0 spiro atoms. The first-order valence-corrected chi connectivity index (χ1v) is 9.76. The Labute approximate surface area is 145 Å². The van der Waals surface area contributed by atoms with Crippen LogP contribution in [-0.4, -0.2) is 54.9 Å². The lowest BCUT2D eigenvalue weighted by Crippen LogP contribution is -2.35. The summed E-state index contributed by atoms with van der Waals surface area (Å²) in [5, 5.41) is 4.36. The molecule has 25 heavy (non-hydrogen) atoms. The predicted octanol–water partition coefficient (Wildman–Crippen LogP) is 0.843. The summed E-state index contributed by atoms with van der Waals surface area (Å²) in [6, 6.07) is 8.55. The number of benzene rings is 1. The van der Waals surface area contributed by atoms with E-state index >= 15 is 0 Å². The average molecular weight is 366 g/mol. The molecule has 0 N–H and O–H groups in total. The van der Waals surface area contributed by atoms with Crippen molar-refractivity contribution in [2.24, 2.45) is 0 Å². The van der Waals surface area contributed by atoms with Gasteiger partial charge in [-0.2, -0.15) is 4.68 Å². The topological polar surface area (TPSA) is 75.5 Å². The first-order chi connectivity index (χ1) is 11.8. The second kappa shape index (κ2) is 6.93. The predicted molar refractivity (Wildman–Crippen MR) is 93.0 cm³/mol. The number of hydrogen-bond donors (Lipinski definition) is 0. The lowest BCUT2D eigenvalue weighted by molar-refractivity contribution is 0.437. The molecule has 9 heteroatoms. The highest BCUT2D eigenvalue weighted by Gasteiger charge is 2.22. The van der Waals surface area contributed by atoms with Crippen LogP contribution in [0, 0.1) is 5.82 Å². The highest BCUT2D eigenvalue weighted by molar-refractivity contribution is 7.88.